The standard InChI is InChI=1S/C17H15F2NO4S/c1-10(14(21)11-5-7-12(23-2)8-6-11)24-16(22)13-4-3-9-20-15(13)25-17(18)19/h3-10,17H,1-2H3. The van der Waals surface area contributed by atoms with Crippen molar-refractivity contribution >= 4 is 23.5 Å². The molecule has 2 rings (SSSR count). The number of nitrogens with zero attached hydrogens (tertiary/aromatic N) is 1. The fourth-order valence-corrected chi connectivity index (χ4v) is 2.56. The van der Waals surface area contributed by atoms with Crippen LogP contribution in [0.3, 0.4) is 0 Å². The predicted octanol–water partition coefficient (Wildman–Crippen LogP) is 3.83. The molecule has 0 aliphatic carbocycles. The molecule has 132 valence electrons. The van der Waals surface area contributed by atoms with Gasteiger partial charge >= 0.3 is 5.97 Å². The first-order chi connectivity index (χ1) is 11.9. The van der Waals surface area contributed by atoms with Gasteiger partial charge in [0.15, 0.2) is 6.10 Å². The van der Waals surface area contributed by atoms with Gasteiger partial charge in [-0.2, -0.15) is 8.78 Å². The van der Waals surface area contributed by atoms with Crippen molar-refractivity contribution in [3.05, 3.63) is 53.7 Å². The highest BCUT2D eigenvalue weighted by atomic mass is 32.2. The normalized spacial score (nSPS) is 11.9. The van der Waals surface area contributed by atoms with Crippen LogP contribution in [0.25, 0.3) is 0 Å². The van der Waals surface area contributed by atoms with Gasteiger partial charge in [0.2, 0.25) is 5.78 Å². The van der Waals surface area contributed by atoms with Gasteiger partial charge in [-0.3, -0.25) is 4.79 Å². The van der Waals surface area contributed by atoms with Crippen LogP contribution in [0, 0.1) is 0 Å². The zero-order valence-electron chi connectivity index (χ0n) is 13.4. The Morgan fingerprint density at radius 1 is 1.16 bits per heavy atom. The molecule has 0 saturated heterocycles. The van der Waals surface area contributed by atoms with Crippen molar-refractivity contribution in [3.8, 4) is 5.75 Å². The Balaban J connectivity index is 2.10. The maximum absolute atomic E-state index is 12.5. The number of methoxy groups -OCH3 is 1. The summed E-state index contributed by atoms with van der Waals surface area (Å²) in [7, 11) is 1.50. The lowest BCUT2D eigenvalue weighted by Crippen LogP contribution is -2.24. The minimum Gasteiger partial charge on any atom is -0.497 e. The third-order valence-corrected chi connectivity index (χ3v) is 3.95. The molecule has 1 atom stereocenters. The van der Waals surface area contributed by atoms with Crippen LogP contribution in [0.5, 0.6) is 5.75 Å². The first-order valence-electron chi connectivity index (χ1n) is 7.21. The molecule has 0 radical (unpaired) electrons. The maximum Gasteiger partial charge on any atom is 0.341 e. The number of ketones is 1. The van der Waals surface area contributed by atoms with Gasteiger partial charge in [-0.15, -0.1) is 0 Å². The summed E-state index contributed by atoms with van der Waals surface area (Å²) >= 11 is 0.145. The Labute approximate surface area is 147 Å². The van der Waals surface area contributed by atoms with Crippen LogP contribution in [0.2, 0.25) is 0 Å². The Hall–Kier alpha value is -2.48. The van der Waals surface area contributed by atoms with Crippen LogP contribution in [0.1, 0.15) is 27.6 Å². The molecule has 0 N–H and O–H groups in total. The number of hydrogen-bond donors (Lipinski definition) is 0. The SMILES string of the molecule is COc1ccc(C(=O)C(C)OC(=O)c2cccnc2SC(F)F)cc1. The number of carbonyl (C=O) groups is 2. The highest BCUT2D eigenvalue weighted by Crippen LogP contribution is 2.27. The van der Waals surface area contributed by atoms with E-state index in [0.717, 1.165) is 0 Å². The molecule has 0 saturated carbocycles. The van der Waals surface area contributed by atoms with Gasteiger partial charge < -0.3 is 9.47 Å². The molecule has 0 spiro atoms. The zero-order valence-corrected chi connectivity index (χ0v) is 14.3. The van der Waals surface area contributed by atoms with E-state index >= 15 is 0 Å². The second-order valence-corrected chi connectivity index (χ2v) is 5.85. The summed E-state index contributed by atoms with van der Waals surface area (Å²) in [5.74, 6) is -3.43. The van der Waals surface area contributed by atoms with Crippen molar-refractivity contribution in [3.63, 3.8) is 0 Å². The molecule has 25 heavy (non-hydrogen) atoms. The minimum atomic E-state index is -2.72. The Bertz CT molecular complexity index is 753. The van der Waals surface area contributed by atoms with Crippen LogP contribution in [0.15, 0.2) is 47.6 Å². The summed E-state index contributed by atoms with van der Waals surface area (Å²) in [5, 5.41) is -0.147. The molecule has 8 heteroatoms. The number of rotatable bonds is 7. The zero-order chi connectivity index (χ0) is 18.4. The van der Waals surface area contributed by atoms with E-state index in [4.69, 9.17) is 9.47 Å². The van der Waals surface area contributed by atoms with E-state index in [1.165, 1.54) is 32.4 Å². The van der Waals surface area contributed by atoms with E-state index in [9.17, 15) is 18.4 Å². The number of halogens is 2. The molecule has 5 nitrogen and oxygen atoms in total. The van der Waals surface area contributed by atoms with Gasteiger partial charge in [0.05, 0.1) is 12.7 Å². The number of Topliss-reactive ketones (excluding diaryl/α,β-unsaturated/α-hetero) is 1. The second kappa shape index (κ2) is 8.57. The van der Waals surface area contributed by atoms with Crippen LogP contribution in [0.4, 0.5) is 8.78 Å². The molecule has 1 heterocycles. The third-order valence-electron chi connectivity index (χ3n) is 3.22. The number of carbonyl (C=O) groups excluding carboxylic acids is 2. The van der Waals surface area contributed by atoms with Gasteiger partial charge in [-0.25, -0.2) is 9.78 Å². The molecular weight excluding hydrogens is 352 g/mol. The average molecular weight is 367 g/mol. The Morgan fingerprint density at radius 2 is 1.84 bits per heavy atom. The minimum absolute atomic E-state index is 0.109. The topological polar surface area (TPSA) is 65.5 Å². The molecule has 0 aliphatic rings. The molecule has 1 aromatic carbocycles. The lowest BCUT2D eigenvalue weighted by atomic mass is 10.1. The quantitative estimate of drug-likeness (QED) is 0.421. The van der Waals surface area contributed by atoms with Crippen molar-refractivity contribution in [2.75, 3.05) is 7.11 Å². The molecule has 1 aromatic heterocycles. The van der Waals surface area contributed by atoms with Crippen molar-refractivity contribution in [1.29, 1.82) is 0 Å². The van der Waals surface area contributed by atoms with E-state index in [2.05, 4.69) is 4.98 Å². The number of esters is 1. The van der Waals surface area contributed by atoms with Gasteiger partial charge in [0.1, 0.15) is 10.8 Å². The molecule has 0 fully saturated rings. The Morgan fingerprint density at radius 3 is 2.44 bits per heavy atom. The lowest BCUT2D eigenvalue weighted by molar-refractivity contribution is 0.0314. The van der Waals surface area contributed by atoms with E-state index in [1.807, 2.05) is 0 Å². The highest BCUT2D eigenvalue weighted by molar-refractivity contribution is 7.99. The molecule has 0 aliphatic heterocycles. The largest absolute Gasteiger partial charge is 0.497 e. The van der Waals surface area contributed by atoms with Crippen molar-refractivity contribution < 1.29 is 27.8 Å². The first kappa shape index (κ1) is 18.9. The molecule has 0 amide bonds. The number of aromatic nitrogens is 1. The predicted molar refractivity (Wildman–Crippen MR) is 88.3 cm³/mol. The fourth-order valence-electron chi connectivity index (χ4n) is 1.99. The van der Waals surface area contributed by atoms with Crippen molar-refractivity contribution in [1.82, 2.24) is 4.98 Å². The summed E-state index contributed by atoms with van der Waals surface area (Å²) in [6, 6.07) is 9.08. The summed E-state index contributed by atoms with van der Waals surface area (Å²) in [4.78, 5) is 28.3. The number of hydrogen-bond acceptors (Lipinski definition) is 6. The smallest absolute Gasteiger partial charge is 0.341 e. The number of benzene rings is 1. The monoisotopic (exact) mass is 367 g/mol. The van der Waals surface area contributed by atoms with Crippen LogP contribution in [-0.4, -0.2) is 35.7 Å². The van der Waals surface area contributed by atoms with Gasteiger partial charge in [0, 0.05) is 11.8 Å². The molecule has 0 bridgehead atoms. The van der Waals surface area contributed by atoms with E-state index in [0.29, 0.717) is 11.3 Å². The first-order valence-corrected chi connectivity index (χ1v) is 8.09. The second-order valence-electron chi connectivity index (χ2n) is 4.87. The summed E-state index contributed by atoms with van der Waals surface area (Å²) in [5.41, 5.74) is 0.233. The lowest BCUT2D eigenvalue weighted by Gasteiger charge is -2.14. The van der Waals surface area contributed by atoms with E-state index in [1.54, 1.807) is 24.3 Å². The van der Waals surface area contributed by atoms with Crippen molar-refractivity contribution in [2.45, 2.75) is 23.8 Å². The fraction of sp³-hybridized carbons (Fsp3) is 0.235. The van der Waals surface area contributed by atoms with E-state index in [-0.39, 0.29) is 22.4 Å². The average Bonchev–Trinajstić information content (AvgIpc) is 2.61. The van der Waals surface area contributed by atoms with Gasteiger partial charge in [0.25, 0.3) is 5.76 Å². The van der Waals surface area contributed by atoms with Gasteiger partial charge in [-0.1, -0.05) is 0 Å². The maximum atomic E-state index is 12.5. The Kier molecular flexibility index (Phi) is 6.46. The number of thioether (sulfide) groups is 1. The number of pyridine rings is 1. The summed E-state index contributed by atoms with van der Waals surface area (Å²) in [6.07, 6.45) is 0.221. The van der Waals surface area contributed by atoms with Crippen LogP contribution in [-0.2, 0) is 4.74 Å². The summed E-state index contributed by atoms with van der Waals surface area (Å²) < 4.78 is 35.2. The molecule has 2 aromatic rings. The van der Waals surface area contributed by atoms with E-state index < -0.39 is 23.6 Å². The third kappa shape index (κ3) is 4.99. The molecule has 1 unspecified atom stereocenters. The highest BCUT2D eigenvalue weighted by Gasteiger charge is 2.23. The molecular formula is C17H15F2NO4S. The number of alkyl halides is 2. The summed E-state index contributed by atoms with van der Waals surface area (Å²) in [6.45, 7) is 1.42. The van der Waals surface area contributed by atoms with Crippen molar-refractivity contribution in [2.24, 2.45) is 0 Å². The van der Waals surface area contributed by atoms with Crippen LogP contribution >= 0.6 is 11.8 Å². The number of ether oxygens (including phenoxy) is 2. The van der Waals surface area contributed by atoms with Gasteiger partial charge in [-0.05, 0) is 55.1 Å². The van der Waals surface area contributed by atoms with Crippen LogP contribution < -0.4 is 4.74 Å².